The minimum Gasteiger partial charge on any atom is -0.300 e. The molecule has 0 aliphatic rings. The third-order valence-electron chi connectivity index (χ3n) is 2.77. The first-order valence-corrected chi connectivity index (χ1v) is 9.30. The van der Waals surface area contributed by atoms with Gasteiger partial charge in [0.25, 0.3) is 0 Å². The lowest BCUT2D eigenvalue weighted by atomic mass is 10.2. The molecule has 0 spiro atoms. The fourth-order valence-electron chi connectivity index (χ4n) is 1.77. The van der Waals surface area contributed by atoms with E-state index in [0.29, 0.717) is 11.6 Å². The van der Waals surface area contributed by atoms with E-state index in [9.17, 15) is 4.79 Å². The number of nitrogens with zero attached hydrogens (tertiary/aromatic N) is 2. The van der Waals surface area contributed by atoms with Gasteiger partial charge in [-0.05, 0) is 17.0 Å². The third-order valence-corrected chi connectivity index (χ3v) is 5.69. The quantitative estimate of drug-likeness (QED) is 0.539. The monoisotopic (exact) mass is 347 g/mol. The summed E-state index contributed by atoms with van der Waals surface area (Å²) in [7, 11) is 0. The lowest BCUT2D eigenvalue weighted by Crippen LogP contribution is -2.13. The number of amides is 1. The number of hydrogen-bond donors (Lipinski definition) is 1. The van der Waals surface area contributed by atoms with Crippen LogP contribution >= 0.6 is 34.4 Å². The van der Waals surface area contributed by atoms with Gasteiger partial charge in [-0.1, -0.05) is 59.5 Å². The molecule has 4 nitrogen and oxygen atoms in total. The van der Waals surface area contributed by atoms with Gasteiger partial charge in [-0.15, -0.1) is 21.5 Å². The normalized spacial score (nSPS) is 10.5. The third kappa shape index (κ3) is 4.40. The first-order valence-electron chi connectivity index (χ1n) is 6.62. The van der Waals surface area contributed by atoms with Crippen LogP contribution in [0, 0.1) is 0 Å². The van der Waals surface area contributed by atoms with E-state index in [-0.39, 0.29) is 5.91 Å². The van der Waals surface area contributed by atoms with Gasteiger partial charge in [0, 0.05) is 10.6 Å². The van der Waals surface area contributed by atoms with Crippen LogP contribution in [0.2, 0.25) is 0 Å². The van der Waals surface area contributed by atoms with Crippen molar-refractivity contribution in [2.45, 2.75) is 16.5 Å². The van der Waals surface area contributed by atoms with Crippen LogP contribution in [-0.4, -0.2) is 16.1 Å². The average molecular weight is 347 g/mol. The number of thiophene rings is 1. The van der Waals surface area contributed by atoms with Crippen LogP contribution in [0.1, 0.15) is 10.4 Å². The number of benzene rings is 1. The van der Waals surface area contributed by atoms with Crippen molar-refractivity contribution in [2.24, 2.45) is 0 Å². The first kappa shape index (κ1) is 15.2. The SMILES string of the molecule is O=C(Cc1cccs1)Nc1nnc(SCc2ccccc2)s1. The molecule has 0 saturated heterocycles. The van der Waals surface area contributed by atoms with Crippen LogP contribution in [0.3, 0.4) is 0 Å². The molecule has 0 saturated carbocycles. The molecule has 0 fully saturated rings. The molecule has 0 bridgehead atoms. The summed E-state index contributed by atoms with van der Waals surface area (Å²) in [4.78, 5) is 12.9. The molecule has 0 unspecified atom stereocenters. The number of rotatable bonds is 6. The van der Waals surface area contributed by atoms with Crippen LogP contribution < -0.4 is 5.32 Å². The Labute approximate surface area is 140 Å². The highest BCUT2D eigenvalue weighted by molar-refractivity contribution is 8.00. The molecular formula is C15H13N3OS3. The fourth-order valence-corrected chi connectivity index (χ4v) is 4.20. The summed E-state index contributed by atoms with van der Waals surface area (Å²) >= 11 is 4.60. The van der Waals surface area contributed by atoms with Crippen molar-refractivity contribution >= 4 is 45.5 Å². The molecule has 0 radical (unpaired) electrons. The first-order chi connectivity index (χ1) is 10.8. The number of carbonyl (C=O) groups excluding carboxylic acids is 1. The standard InChI is InChI=1S/C15H13N3OS3/c19-13(9-12-7-4-8-20-12)16-14-17-18-15(22-14)21-10-11-5-2-1-3-6-11/h1-8H,9-10H2,(H,16,17,19). The molecule has 0 atom stereocenters. The molecule has 22 heavy (non-hydrogen) atoms. The van der Waals surface area contributed by atoms with Crippen molar-refractivity contribution < 1.29 is 4.79 Å². The second-order valence-electron chi connectivity index (χ2n) is 4.45. The van der Waals surface area contributed by atoms with Crippen molar-refractivity contribution in [1.82, 2.24) is 10.2 Å². The maximum Gasteiger partial charge on any atom is 0.231 e. The van der Waals surface area contributed by atoms with E-state index in [4.69, 9.17) is 0 Å². The van der Waals surface area contributed by atoms with Gasteiger partial charge in [-0.3, -0.25) is 4.79 Å². The Balaban J connectivity index is 1.51. The summed E-state index contributed by atoms with van der Waals surface area (Å²) in [5.41, 5.74) is 1.24. The van der Waals surface area contributed by atoms with Gasteiger partial charge >= 0.3 is 0 Å². The number of nitrogens with one attached hydrogen (secondary N) is 1. The van der Waals surface area contributed by atoms with Crippen molar-refractivity contribution in [3.05, 3.63) is 58.3 Å². The highest BCUT2D eigenvalue weighted by atomic mass is 32.2. The number of carbonyl (C=O) groups is 1. The van der Waals surface area contributed by atoms with Crippen molar-refractivity contribution in [3.63, 3.8) is 0 Å². The van der Waals surface area contributed by atoms with Crippen LogP contribution in [-0.2, 0) is 17.0 Å². The summed E-state index contributed by atoms with van der Waals surface area (Å²) in [5, 5.41) is 13.4. The minimum absolute atomic E-state index is 0.0572. The van der Waals surface area contributed by atoms with E-state index < -0.39 is 0 Å². The highest BCUT2D eigenvalue weighted by Gasteiger charge is 2.10. The lowest BCUT2D eigenvalue weighted by molar-refractivity contribution is -0.115. The molecule has 7 heteroatoms. The number of hydrogen-bond acceptors (Lipinski definition) is 6. The summed E-state index contributed by atoms with van der Waals surface area (Å²) in [6, 6.07) is 14.1. The van der Waals surface area contributed by atoms with Crippen LogP contribution in [0.4, 0.5) is 5.13 Å². The summed E-state index contributed by atoms with van der Waals surface area (Å²) < 4.78 is 0.857. The Morgan fingerprint density at radius 2 is 2.00 bits per heavy atom. The maximum atomic E-state index is 11.9. The second kappa shape index (κ2) is 7.53. The number of anilines is 1. The smallest absolute Gasteiger partial charge is 0.231 e. The van der Waals surface area contributed by atoms with E-state index in [0.717, 1.165) is 15.0 Å². The molecule has 0 aliphatic carbocycles. The van der Waals surface area contributed by atoms with E-state index in [2.05, 4.69) is 27.6 Å². The molecule has 0 aliphatic heterocycles. The molecule has 3 aromatic rings. The van der Waals surface area contributed by atoms with Crippen molar-refractivity contribution in [3.8, 4) is 0 Å². The van der Waals surface area contributed by atoms with Gasteiger partial charge in [0.15, 0.2) is 4.34 Å². The van der Waals surface area contributed by atoms with Gasteiger partial charge in [0.05, 0.1) is 6.42 Å². The van der Waals surface area contributed by atoms with Gasteiger partial charge in [0.1, 0.15) is 0 Å². The summed E-state index contributed by atoms with van der Waals surface area (Å²) in [6.07, 6.45) is 0.379. The lowest BCUT2D eigenvalue weighted by Gasteiger charge is -1.98. The van der Waals surface area contributed by atoms with Crippen LogP contribution in [0.15, 0.2) is 52.2 Å². The molecule has 2 aromatic heterocycles. The average Bonchev–Trinajstić information content (AvgIpc) is 3.18. The molecule has 1 N–H and O–H groups in total. The van der Waals surface area contributed by atoms with E-state index >= 15 is 0 Å². The molecule has 112 valence electrons. The zero-order chi connectivity index (χ0) is 15.2. The van der Waals surface area contributed by atoms with Gasteiger partial charge in [0.2, 0.25) is 11.0 Å². The minimum atomic E-state index is -0.0572. The van der Waals surface area contributed by atoms with Crippen LogP contribution in [0.5, 0.6) is 0 Å². The number of thioether (sulfide) groups is 1. The van der Waals surface area contributed by atoms with Crippen LogP contribution in [0.25, 0.3) is 0 Å². The zero-order valence-corrected chi connectivity index (χ0v) is 14.0. The Bertz CT molecular complexity index is 726. The Kier molecular flexibility index (Phi) is 5.20. The summed E-state index contributed by atoms with van der Waals surface area (Å²) in [5.74, 6) is 0.789. The Morgan fingerprint density at radius 3 is 2.77 bits per heavy atom. The fraction of sp³-hybridized carbons (Fsp3) is 0.133. The maximum absolute atomic E-state index is 11.9. The Hall–Kier alpha value is -1.70. The predicted molar refractivity (Wildman–Crippen MR) is 92.6 cm³/mol. The molecule has 1 aromatic carbocycles. The largest absolute Gasteiger partial charge is 0.300 e. The summed E-state index contributed by atoms with van der Waals surface area (Å²) in [6.45, 7) is 0. The molecule has 2 heterocycles. The van der Waals surface area contributed by atoms with E-state index in [1.807, 2.05) is 35.7 Å². The molecule has 3 rings (SSSR count). The molecule has 1 amide bonds. The second-order valence-corrected chi connectivity index (χ2v) is 7.68. The van der Waals surface area contributed by atoms with E-state index in [1.165, 1.54) is 16.9 Å². The van der Waals surface area contributed by atoms with Gasteiger partial charge in [-0.25, -0.2) is 0 Å². The number of aromatic nitrogens is 2. The predicted octanol–water partition coefficient (Wildman–Crippen LogP) is 4.07. The van der Waals surface area contributed by atoms with Gasteiger partial charge < -0.3 is 5.32 Å². The zero-order valence-electron chi connectivity index (χ0n) is 11.6. The van der Waals surface area contributed by atoms with Crippen molar-refractivity contribution in [1.29, 1.82) is 0 Å². The van der Waals surface area contributed by atoms with E-state index in [1.54, 1.807) is 23.1 Å². The topological polar surface area (TPSA) is 54.9 Å². The van der Waals surface area contributed by atoms with Gasteiger partial charge in [-0.2, -0.15) is 0 Å². The highest BCUT2D eigenvalue weighted by Crippen LogP contribution is 2.28. The Morgan fingerprint density at radius 1 is 1.14 bits per heavy atom. The molecular weight excluding hydrogens is 334 g/mol. The van der Waals surface area contributed by atoms with Crippen molar-refractivity contribution in [2.75, 3.05) is 5.32 Å².